The molecule has 2 heterocycles. The summed E-state index contributed by atoms with van der Waals surface area (Å²) in [5, 5.41) is 9.17. The number of hydrogen-bond acceptors (Lipinski definition) is 3. The SMILES string of the molecule is CC1NCCCC1NC(=O)CCc1cc(Cl)cs1.Cl. The molecule has 1 aromatic rings. The van der Waals surface area contributed by atoms with Gasteiger partial charge in [0, 0.05) is 28.8 Å². The van der Waals surface area contributed by atoms with Gasteiger partial charge in [-0.15, -0.1) is 23.7 Å². The number of nitrogens with one attached hydrogen (secondary N) is 2. The molecule has 0 aromatic carbocycles. The predicted octanol–water partition coefficient (Wildman–Crippen LogP) is 3.01. The molecule has 2 N–H and O–H groups in total. The molecule has 0 aliphatic carbocycles. The van der Waals surface area contributed by atoms with Crippen LogP contribution in [0.1, 0.15) is 31.1 Å². The van der Waals surface area contributed by atoms with Crippen LogP contribution in [0.2, 0.25) is 5.02 Å². The van der Waals surface area contributed by atoms with Gasteiger partial charge in [0.15, 0.2) is 0 Å². The van der Waals surface area contributed by atoms with Crippen LogP contribution < -0.4 is 10.6 Å². The van der Waals surface area contributed by atoms with Crippen molar-refractivity contribution in [1.29, 1.82) is 0 Å². The van der Waals surface area contributed by atoms with Gasteiger partial charge < -0.3 is 10.6 Å². The van der Waals surface area contributed by atoms with Crippen LogP contribution in [-0.2, 0) is 11.2 Å². The second kappa shape index (κ2) is 8.10. The van der Waals surface area contributed by atoms with Crippen molar-refractivity contribution in [3.8, 4) is 0 Å². The van der Waals surface area contributed by atoms with Gasteiger partial charge in [0.2, 0.25) is 5.91 Å². The fraction of sp³-hybridized carbons (Fsp3) is 0.615. The van der Waals surface area contributed by atoms with Gasteiger partial charge in [-0.1, -0.05) is 11.6 Å². The van der Waals surface area contributed by atoms with Gasteiger partial charge in [0.05, 0.1) is 5.02 Å². The molecule has 1 amide bonds. The minimum atomic E-state index is 0. The number of carbonyl (C=O) groups is 1. The highest BCUT2D eigenvalue weighted by molar-refractivity contribution is 7.10. The minimum Gasteiger partial charge on any atom is -0.352 e. The molecule has 2 rings (SSSR count). The normalized spacial score (nSPS) is 22.6. The largest absolute Gasteiger partial charge is 0.352 e. The molecule has 1 aliphatic heterocycles. The van der Waals surface area contributed by atoms with Gasteiger partial charge in [-0.05, 0) is 38.8 Å². The van der Waals surface area contributed by atoms with Crippen LogP contribution in [0.15, 0.2) is 11.4 Å². The lowest BCUT2D eigenvalue weighted by Gasteiger charge is -2.30. The first kappa shape index (κ1) is 16.8. The Morgan fingerprint density at radius 3 is 3.05 bits per heavy atom. The van der Waals surface area contributed by atoms with E-state index >= 15 is 0 Å². The van der Waals surface area contributed by atoms with Gasteiger partial charge in [-0.3, -0.25) is 4.79 Å². The number of halogens is 2. The van der Waals surface area contributed by atoms with Gasteiger partial charge in [-0.2, -0.15) is 0 Å². The number of piperidine rings is 1. The predicted molar refractivity (Wildman–Crippen MR) is 83.5 cm³/mol. The van der Waals surface area contributed by atoms with Crippen LogP contribution in [0.5, 0.6) is 0 Å². The molecule has 0 radical (unpaired) electrons. The van der Waals surface area contributed by atoms with Crippen molar-refractivity contribution < 1.29 is 4.79 Å². The van der Waals surface area contributed by atoms with Crippen LogP contribution in [0, 0.1) is 0 Å². The maximum Gasteiger partial charge on any atom is 0.220 e. The first-order valence-corrected chi connectivity index (χ1v) is 7.66. The monoisotopic (exact) mass is 322 g/mol. The van der Waals surface area contributed by atoms with E-state index in [1.165, 1.54) is 4.88 Å². The van der Waals surface area contributed by atoms with E-state index in [1.807, 2.05) is 11.4 Å². The van der Waals surface area contributed by atoms with E-state index in [1.54, 1.807) is 11.3 Å². The van der Waals surface area contributed by atoms with Crippen LogP contribution in [0.4, 0.5) is 0 Å². The third kappa shape index (κ3) is 5.30. The number of rotatable bonds is 4. The van der Waals surface area contributed by atoms with E-state index in [0.717, 1.165) is 30.8 Å². The zero-order valence-electron chi connectivity index (χ0n) is 10.9. The van der Waals surface area contributed by atoms with Crippen molar-refractivity contribution >= 4 is 41.3 Å². The Balaban J connectivity index is 0.00000180. The summed E-state index contributed by atoms with van der Waals surface area (Å²) in [5.74, 6) is 0.139. The zero-order valence-corrected chi connectivity index (χ0v) is 13.3. The Kier molecular flexibility index (Phi) is 7.15. The summed E-state index contributed by atoms with van der Waals surface area (Å²) >= 11 is 7.47. The second-order valence-electron chi connectivity index (χ2n) is 4.79. The Labute approximate surface area is 129 Å². The highest BCUT2D eigenvalue weighted by Crippen LogP contribution is 2.20. The summed E-state index contributed by atoms with van der Waals surface area (Å²) in [6.45, 7) is 3.18. The molecule has 0 bridgehead atoms. The average molecular weight is 323 g/mol. The minimum absolute atomic E-state index is 0. The molecule has 1 aliphatic rings. The molecular formula is C13H20Cl2N2OS. The van der Waals surface area contributed by atoms with Crippen molar-refractivity contribution in [2.75, 3.05) is 6.54 Å². The van der Waals surface area contributed by atoms with Crippen LogP contribution in [-0.4, -0.2) is 24.5 Å². The van der Waals surface area contributed by atoms with E-state index in [4.69, 9.17) is 11.6 Å². The van der Waals surface area contributed by atoms with Gasteiger partial charge in [-0.25, -0.2) is 0 Å². The van der Waals surface area contributed by atoms with Crippen molar-refractivity contribution in [3.05, 3.63) is 21.3 Å². The van der Waals surface area contributed by atoms with E-state index < -0.39 is 0 Å². The Morgan fingerprint density at radius 2 is 2.42 bits per heavy atom. The zero-order chi connectivity index (χ0) is 13.0. The van der Waals surface area contributed by atoms with E-state index in [0.29, 0.717) is 12.5 Å². The molecule has 2 unspecified atom stereocenters. The molecule has 3 nitrogen and oxygen atoms in total. The first-order valence-electron chi connectivity index (χ1n) is 6.41. The van der Waals surface area contributed by atoms with Gasteiger partial charge in [0.25, 0.3) is 0 Å². The van der Waals surface area contributed by atoms with E-state index in [-0.39, 0.29) is 24.4 Å². The van der Waals surface area contributed by atoms with E-state index in [2.05, 4.69) is 17.6 Å². The quantitative estimate of drug-likeness (QED) is 0.894. The topological polar surface area (TPSA) is 41.1 Å². The average Bonchev–Trinajstić information content (AvgIpc) is 2.76. The highest BCUT2D eigenvalue weighted by Gasteiger charge is 2.22. The van der Waals surface area contributed by atoms with Crippen LogP contribution in [0.25, 0.3) is 0 Å². The number of aryl methyl sites for hydroxylation is 1. The lowest BCUT2D eigenvalue weighted by Crippen LogP contribution is -2.51. The highest BCUT2D eigenvalue weighted by atomic mass is 35.5. The maximum absolute atomic E-state index is 11.9. The van der Waals surface area contributed by atoms with Crippen molar-refractivity contribution in [2.45, 2.75) is 44.7 Å². The van der Waals surface area contributed by atoms with Crippen molar-refractivity contribution in [2.24, 2.45) is 0 Å². The third-order valence-electron chi connectivity index (χ3n) is 3.33. The molecule has 1 saturated heterocycles. The summed E-state index contributed by atoms with van der Waals surface area (Å²) in [6, 6.07) is 2.58. The summed E-state index contributed by atoms with van der Waals surface area (Å²) in [7, 11) is 0. The molecule has 2 atom stereocenters. The number of hydrogen-bond donors (Lipinski definition) is 2. The fourth-order valence-electron chi connectivity index (χ4n) is 2.24. The van der Waals surface area contributed by atoms with Gasteiger partial charge in [0.1, 0.15) is 0 Å². The molecule has 108 valence electrons. The Morgan fingerprint density at radius 1 is 1.63 bits per heavy atom. The fourth-order valence-corrected chi connectivity index (χ4v) is 3.32. The Hall–Kier alpha value is -0.290. The molecule has 0 saturated carbocycles. The maximum atomic E-state index is 11.9. The first-order chi connectivity index (χ1) is 8.65. The number of thiophene rings is 1. The smallest absolute Gasteiger partial charge is 0.220 e. The number of carbonyl (C=O) groups excluding carboxylic acids is 1. The summed E-state index contributed by atoms with van der Waals surface area (Å²) in [6.07, 6.45) is 3.53. The second-order valence-corrected chi connectivity index (χ2v) is 6.22. The lowest BCUT2D eigenvalue weighted by molar-refractivity contribution is -0.122. The third-order valence-corrected chi connectivity index (χ3v) is 4.67. The lowest BCUT2D eigenvalue weighted by atomic mass is 10.00. The Bertz CT molecular complexity index is 411. The van der Waals surface area contributed by atoms with Crippen molar-refractivity contribution in [1.82, 2.24) is 10.6 Å². The summed E-state index contributed by atoms with van der Waals surface area (Å²) in [4.78, 5) is 13.0. The summed E-state index contributed by atoms with van der Waals surface area (Å²) < 4.78 is 0. The van der Waals surface area contributed by atoms with E-state index in [9.17, 15) is 4.79 Å². The van der Waals surface area contributed by atoms with Gasteiger partial charge >= 0.3 is 0 Å². The molecule has 0 spiro atoms. The number of amides is 1. The van der Waals surface area contributed by atoms with Crippen molar-refractivity contribution in [3.63, 3.8) is 0 Å². The molecule has 6 heteroatoms. The molecule has 1 fully saturated rings. The summed E-state index contributed by atoms with van der Waals surface area (Å²) in [5.41, 5.74) is 0. The molecule has 1 aromatic heterocycles. The standard InChI is InChI=1S/C13H19ClN2OS.ClH/c1-9-12(3-2-6-15-9)16-13(17)5-4-11-7-10(14)8-18-11;/h7-9,12,15H,2-6H2,1H3,(H,16,17);1H. The molecular weight excluding hydrogens is 303 g/mol. The van der Waals surface area contributed by atoms with Crippen LogP contribution >= 0.6 is 35.3 Å². The van der Waals surface area contributed by atoms with Crippen LogP contribution in [0.3, 0.4) is 0 Å². The molecule has 19 heavy (non-hydrogen) atoms.